The van der Waals surface area contributed by atoms with Crippen molar-refractivity contribution in [1.29, 1.82) is 0 Å². The number of benzene rings is 1. The fourth-order valence-corrected chi connectivity index (χ4v) is 2.48. The molecule has 0 saturated carbocycles. The third-order valence-electron chi connectivity index (χ3n) is 2.61. The van der Waals surface area contributed by atoms with Gasteiger partial charge in [0.1, 0.15) is 0 Å². The van der Waals surface area contributed by atoms with Crippen molar-refractivity contribution in [3.63, 3.8) is 0 Å². The molecule has 0 aliphatic heterocycles. The van der Waals surface area contributed by atoms with Crippen LogP contribution in [0.15, 0.2) is 17.0 Å². The maximum Gasteiger partial charge on any atom is 0.251 e. The quantitative estimate of drug-likeness (QED) is 0.861. The molecule has 100 valence electrons. The fourth-order valence-electron chi connectivity index (χ4n) is 1.60. The van der Waals surface area contributed by atoms with Gasteiger partial charge in [-0.15, -0.1) is 0 Å². The molecule has 3 N–H and O–H groups in total. The number of nitrogens with two attached hydrogens (primary N) is 1. The summed E-state index contributed by atoms with van der Waals surface area (Å²) < 4.78 is 22.9. The smallest absolute Gasteiger partial charge is 0.251 e. The molecule has 0 aromatic heterocycles. The molecule has 0 aliphatic carbocycles. The van der Waals surface area contributed by atoms with Gasteiger partial charge in [-0.05, 0) is 51.0 Å². The summed E-state index contributed by atoms with van der Waals surface area (Å²) in [6.45, 7) is 7.08. The topological polar surface area (TPSA) is 89.3 Å². The van der Waals surface area contributed by atoms with Crippen LogP contribution in [0, 0.1) is 13.8 Å². The number of rotatable bonds is 3. The van der Waals surface area contributed by atoms with Crippen molar-refractivity contribution in [3.05, 3.63) is 28.8 Å². The molecule has 5 nitrogen and oxygen atoms in total. The number of amides is 1. The van der Waals surface area contributed by atoms with E-state index in [4.69, 9.17) is 5.14 Å². The van der Waals surface area contributed by atoms with Gasteiger partial charge in [-0.25, -0.2) is 13.6 Å². The summed E-state index contributed by atoms with van der Waals surface area (Å²) >= 11 is 0. The van der Waals surface area contributed by atoms with E-state index in [2.05, 4.69) is 5.32 Å². The minimum absolute atomic E-state index is 0.00333. The van der Waals surface area contributed by atoms with Gasteiger partial charge in [0, 0.05) is 11.6 Å². The second kappa shape index (κ2) is 5.07. The Hall–Kier alpha value is -1.40. The van der Waals surface area contributed by atoms with Gasteiger partial charge >= 0.3 is 0 Å². The maximum atomic E-state index is 11.9. The van der Waals surface area contributed by atoms with Crippen LogP contribution < -0.4 is 10.5 Å². The molecule has 0 aliphatic rings. The number of carbonyl (C=O) groups is 1. The summed E-state index contributed by atoms with van der Waals surface area (Å²) in [5.41, 5.74) is 1.59. The standard InChI is InChI=1S/C12H18N2O3S/c1-7(2)14-12(15)10-5-8(3)9(4)11(6-10)18(13,16)17/h5-7H,1-4H3,(H,14,15)(H2,13,16,17). The number of sulfonamides is 1. The lowest BCUT2D eigenvalue weighted by atomic mass is 10.1. The van der Waals surface area contributed by atoms with Crippen molar-refractivity contribution in [2.45, 2.75) is 38.6 Å². The lowest BCUT2D eigenvalue weighted by Gasteiger charge is -2.12. The molecule has 0 fully saturated rings. The molecular weight excluding hydrogens is 252 g/mol. The van der Waals surface area contributed by atoms with E-state index in [0.717, 1.165) is 5.56 Å². The van der Waals surface area contributed by atoms with Crippen LogP contribution in [0.4, 0.5) is 0 Å². The van der Waals surface area contributed by atoms with Gasteiger partial charge in [-0.2, -0.15) is 0 Å². The Morgan fingerprint density at radius 2 is 1.83 bits per heavy atom. The molecule has 1 rings (SSSR count). The van der Waals surface area contributed by atoms with E-state index in [9.17, 15) is 13.2 Å². The van der Waals surface area contributed by atoms with Crippen molar-refractivity contribution in [2.75, 3.05) is 0 Å². The van der Waals surface area contributed by atoms with Crippen molar-refractivity contribution in [1.82, 2.24) is 5.32 Å². The lowest BCUT2D eigenvalue weighted by molar-refractivity contribution is 0.0943. The average molecular weight is 270 g/mol. The van der Waals surface area contributed by atoms with Gasteiger partial charge < -0.3 is 5.32 Å². The fraction of sp³-hybridized carbons (Fsp3) is 0.417. The molecular formula is C12H18N2O3S. The van der Waals surface area contributed by atoms with E-state index in [1.54, 1.807) is 19.9 Å². The SMILES string of the molecule is Cc1cc(C(=O)NC(C)C)cc(S(N)(=O)=O)c1C. The summed E-state index contributed by atoms with van der Waals surface area (Å²) in [4.78, 5) is 11.8. The minimum atomic E-state index is -3.82. The number of primary sulfonamides is 1. The Labute approximate surface area is 107 Å². The number of carbonyl (C=O) groups excluding carboxylic acids is 1. The van der Waals surface area contributed by atoms with Crippen LogP contribution >= 0.6 is 0 Å². The zero-order valence-corrected chi connectivity index (χ0v) is 11.8. The van der Waals surface area contributed by atoms with E-state index >= 15 is 0 Å². The minimum Gasteiger partial charge on any atom is -0.350 e. The monoisotopic (exact) mass is 270 g/mol. The first-order valence-electron chi connectivity index (χ1n) is 5.58. The first-order valence-corrected chi connectivity index (χ1v) is 7.12. The van der Waals surface area contributed by atoms with Crippen molar-refractivity contribution in [2.24, 2.45) is 5.14 Å². The van der Waals surface area contributed by atoms with Crippen LogP contribution in [0.25, 0.3) is 0 Å². The molecule has 0 heterocycles. The molecule has 0 spiro atoms. The first kappa shape index (κ1) is 14.7. The Morgan fingerprint density at radius 3 is 2.28 bits per heavy atom. The maximum absolute atomic E-state index is 11.9. The molecule has 6 heteroatoms. The van der Waals surface area contributed by atoms with E-state index in [0.29, 0.717) is 11.1 Å². The summed E-state index contributed by atoms with van der Waals surface area (Å²) in [5, 5.41) is 7.85. The zero-order valence-electron chi connectivity index (χ0n) is 10.9. The van der Waals surface area contributed by atoms with E-state index in [1.807, 2.05) is 13.8 Å². The third-order valence-corrected chi connectivity index (χ3v) is 3.65. The Kier molecular flexibility index (Phi) is 4.13. The predicted octanol–water partition coefficient (Wildman–Crippen LogP) is 1.09. The van der Waals surface area contributed by atoms with Crippen molar-refractivity contribution < 1.29 is 13.2 Å². The second-order valence-electron chi connectivity index (χ2n) is 4.59. The van der Waals surface area contributed by atoms with Gasteiger partial charge in [-0.1, -0.05) is 0 Å². The molecule has 1 aromatic carbocycles. The molecule has 18 heavy (non-hydrogen) atoms. The van der Waals surface area contributed by atoms with E-state index < -0.39 is 10.0 Å². The zero-order chi connectivity index (χ0) is 14.1. The summed E-state index contributed by atoms with van der Waals surface area (Å²) in [5.74, 6) is -0.307. The highest BCUT2D eigenvalue weighted by Crippen LogP contribution is 2.20. The molecule has 0 atom stereocenters. The molecule has 0 unspecified atom stereocenters. The van der Waals surface area contributed by atoms with Crippen LogP contribution in [-0.4, -0.2) is 20.4 Å². The van der Waals surface area contributed by atoms with Gasteiger partial charge in [0.15, 0.2) is 0 Å². The Balaban J connectivity index is 3.34. The van der Waals surface area contributed by atoms with E-state index in [1.165, 1.54) is 6.07 Å². The largest absolute Gasteiger partial charge is 0.350 e. The number of hydrogen-bond acceptors (Lipinski definition) is 3. The predicted molar refractivity (Wildman–Crippen MR) is 69.9 cm³/mol. The van der Waals surface area contributed by atoms with Gasteiger partial charge in [-0.3, -0.25) is 4.79 Å². The highest BCUT2D eigenvalue weighted by atomic mass is 32.2. The number of hydrogen-bond donors (Lipinski definition) is 2. The average Bonchev–Trinajstić information content (AvgIpc) is 2.18. The lowest BCUT2D eigenvalue weighted by Crippen LogP contribution is -2.30. The van der Waals surface area contributed by atoms with Gasteiger partial charge in [0.25, 0.3) is 5.91 Å². The molecule has 1 aromatic rings. The molecule has 0 saturated heterocycles. The van der Waals surface area contributed by atoms with Gasteiger partial charge in [0.05, 0.1) is 4.90 Å². The summed E-state index contributed by atoms with van der Waals surface area (Å²) in [7, 11) is -3.82. The van der Waals surface area contributed by atoms with Crippen molar-refractivity contribution >= 4 is 15.9 Å². The molecule has 0 bridgehead atoms. The second-order valence-corrected chi connectivity index (χ2v) is 6.12. The van der Waals surface area contributed by atoms with Crippen LogP contribution in [0.2, 0.25) is 0 Å². The Bertz CT molecular complexity index is 577. The highest BCUT2D eigenvalue weighted by molar-refractivity contribution is 7.89. The summed E-state index contributed by atoms with van der Waals surface area (Å²) in [6.07, 6.45) is 0. The first-order chi connectivity index (χ1) is 8.12. The van der Waals surface area contributed by atoms with Crippen molar-refractivity contribution in [3.8, 4) is 0 Å². The van der Waals surface area contributed by atoms with Crippen LogP contribution in [0.3, 0.4) is 0 Å². The third kappa shape index (κ3) is 3.30. The number of aryl methyl sites for hydroxylation is 1. The Morgan fingerprint density at radius 1 is 1.28 bits per heavy atom. The summed E-state index contributed by atoms with van der Waals surface area (Å²) in [6, 6.07) is 2.95. The highest BCUT2D eigenvalue weighted by Gasteiger charge is 2.17. The normalized spacial score (nSPS) is 11.7. The molecule has 0 radical (unpaired) electrons. The van der Waals surface area contributed by atoms with Crippen LogP contribution in [0.5, 0.6) is 0 Å². The van der Waals surface area contributed by atoms with E-state index in [-0.39, 0.29) is 16.8 Å². The number of nitrogens with one attached hydrogen (secondary N) is 1. The van der Waals surface area contributed by atoms with Gasteiger partial charge in [0.2, 0.25) is 10.0 Å². The van der Waals surface area contributed by atoms with Crippen LogP contribution in [0.1, 0.15) is 35.3 Å². The molecule has 1 amide bonds. The van der Waals surface area contributed by atoms with Crippen LogP contribution in [-0.2, 0) is 10.0 Å².